The van der Waals surface area contributed by atoms with Gasteiger partial charge in [0.25, 0.3) is 5.91 Å². The molecule has 0 aromatic heterocycles. The number of hydrogen-bond acceptors (Lipinski definition) is 6. The Morgan fingerprint density at radius 3 is 2.35 bits per heavy atom. The third-order valence-electron chi connectivity index (χ3n) is 5.43. The van der Waals surface area contributed by atoms with Crippen molar-refractivity contribution in [3.8, 4) is 11.5 Å². The topological polar surface area (TPSA) is 97.0 Å². The van der Waals surface area contributed by atoms with Crippen molar-refractivity contribution < 1.29 is 23.9 Å². The van der Waals surface area contributed by atoms with Gasteiger partial charge in [-0.3, -0.25) is 19.8 Å². The molecule has 8 heteroatoms. The van der Waals surface area contributed by atoms with Gasteiger partial charge in [-0.2, -0.15) is 0 Å². The van der Waals surface area contributed by atoms with Gasteiger partial charge in [-0.25, -0.2) is 4.79 Å². The van der Waals surface area contributed by atoms with Crippen LogP contribution in [0.4, 0.5) is 4.79 Å². The van der Waals surface area contributed by atoms with Crippen LogP contribution < -0.4 is 20.1 Å². The Labute approximate surface area is 180 Å². The van der Waals surface area contributed by atoms with Crippen molar-refractivity contribution in [3.05, 3.63) is 60.2 Å². The van der Waals surface area contributed by atoms with Crippen molar-refractivity contribution in [1.82, 2.24) is 15.5 Å². The summed E-state index contributed by atoms with van der Waals surface area (Å²) in [5.41, 5.74) is 0.433. The Kier molecular flexibility index (Phi) is 6.47. The normalized spacial score (nSPS) is 18.8. The van der Waals surface area contributed by atoms with Gasteiger partial charge in [0, 0.05) is 24.7 Å². The van der Waals surface area contributed by atoms with E-state index in [0.717, 1.165) is 0 Å². The average molecular weight is 423 g/mol. The maximum atomic E-state index is 12.6. The zero-order valence-corrected chi connectivity index (χ0v) is 17.1. The van der Waals surface area contributed by atoms with Crippen molar-refractivity contribution in [2.24, 2.45) is 0 Å². The summed E-state index contributed by atoms with van der Waals surface area (Å²) in [5.74, 6) is 0.790. The van der Waals surface area contributed by atoms with Gasteiger partial charge >= 0.3 is 6.03 Å². The number of benzene rings is 2. The van der Waals surface area contributed by atoms with Gasteiger partial charge in [-0.05, 0) is 37.1 Å². The summed E-state index contributed by atoms with van der Waals surface area (Å²) >= 11 is 0. The number of likely N-dealkylation sites (tertiary alicyclic amines) is 1. The molecule has 1 fully saturated rings. The number of ether oxygens (including phenoxy) is 2. The van der Waals surface area contributed by atoms with Crippen molar-refractivity contribution in [1.29, 1.82) is 0 Å². The molecule has 8 nitrogen and oxygen atoms in total. The molecule has 0 saturated carbocycles. The van der Waals surface area contributed by atoms with E-state index in [1.807, 2.05) is 24.3 Å². The number of Topliss-reactive ketones (excluding diaryl/α,β-unsaturated/α-hetero) is 1. The van der Waals surface area contributed by atoms with Crippen LogP contribution in [-0.4, -0.2) is 61.0 Å². The van der Waals surface area contributed by atoms with E-state index in [-0.39, 0.29) is 25.0 Å². The van der Waals surface area contributed by atoms with Gasteiger partial charge in [-0.15, -0.1) is 0 Å². The number of nitrogens with zero attached hydrogens (tertiary/aromatic N) is 1. The Morgan fingerprint density at radius 2 is 1.61 bits per heavy atom. The molecule has 0 aliphatic carbocycles. The van der Waals surface area contributed by atoms with E-state index in [2.05, 4.69) is 15.5 Å². The second-order valence-corrected chi connectivity index (χ2v) is 7.67. The van der Waals surface area contributed by atoms with Crippen LogP contribution in [0.2, 0.25) is 0 Å². The molecule has 31 heavy (non-hydrogen) atoms. The Morgan fingerprint density at radius 1 is 0.935 bits per heavy atom. The molecule has 2 aromatic carbocycles. The molecule has 2 aromatic rings. The van der Waals surface area contributed by atoms with Gasteiger partial charge in [0.05, 0.1) is 6.54 Å². The second-order valence-electron chi connectivity index (χ2n) is 7.67. The van der Waals surface area contributed by atoms with E-state index in [4.69, 9.17) is 9.47 Å². The van der Waals surface area contributed by atoms with E-state index < -0.39 is 18.0 Å². The number of hydrogen-bond donors (Lipinski definition) is 2. The second kappa shape index (κ2) is 9.61. The zero-order valence-electron chi connectivity index (χ0n) is 17.1. The van der Waals surface area contributed by atoms with Crippen LogP contribution in [0.5, 0.6) is 11.5 Å². The molecule has 1 unspecified atom stereocenters. The number of para-hydroxylation sites is 2. The Bertz CT molecular complexity index is 941. The number of rotatable bonds is 5. The molecule has 1 atom stereocenters. The Hall–Kier alpha value is -3.39. The van der Waals surface area contributed by atoms with Gasteiger partial charge in [0.15, 0.2) is 23.4 Å². The van der Waals surface area contributed by atoms with Crippen LogP contribution in [0.15, 0.2) is 54.6 Å². The monoisotopic (exact) mass is 423 g/mol. The molecule has 162 valence electrons. The predicted molar refractivity (Wildman–Crippen MR) is 113 cm³/mol. The highest BCUT2D eigenvalue weighted by Gasteiger charge is 2.30. The van der Waals surface area contributed by atoms with Crippen molar-refractivity contribution in [2.45, 2.75) is 25.0 Å². The molecular weight excluding hydrogens is 398 g/mol. The molecular formula is C23H25N3O5. The van der Waals surface area contributed by atoms with E-state index in [9.17, 15) is 14.4 Å². The summed E-state index contributed by atoms with van der Waals surface area (Å²) in [4.78, 5) is 38.9. The maximum Gasteiger partial charge on any atom is 0.321 e. The minimum absolute atomic E-state index is 0.0212. The lowest BCUT2D eigenvalue weighted by Gasteiger charge is -2.33. The molecule has 2 heterocycles. The fraction of sp³-hybridized carbons (Fsp3) is 0.348. The molecule has 0 bridgehead atoms. The lowest BCUT2D eigenvalue weighted by molar-refractivity contribution is -0.129. The van der Waals surface area contributed by atoms with E-state index in [0.29, 0.717) is 43.0 Å². The zero-order chi connectivity index (χ0) is 21.6. The molecule has 2 aliphatic rings. The molecule has 0 radical (unpaired) electrons. The van der Waals surface area contributed by atoms with Gasteiger partial charge < -0.3 is 14.8 Å². The van der Waals surface area contributed by atoms with Gasteiger partial charge in [-0.1, -0.05) is 30.3 Å². The van der Waals surface area contributed by atoms with E-state index >= 15 is 0 Å². The van der Waals surface area contributed by atoms with Gasteiger partial charge in [0.1, 0.15) is 6.61 Å². The van der Waals surface area contributed by atoms with Crippen LogP contribution in [0.1, 0.15) is 23.2 Å². The standard InChI is InChI=1S/C23H25N3O5/c27-18(21-15-30-19-8-4-5-9-20(19)31-21)14-26-12-10-17(11-13-26)24-23(29)25-22(28)16-6-2-1-3-7-16/h1-9,17,21H,10-15H2,(H2,24,25,28,29). The highest BCUT2D eigenvalue weighted by Crippen LogP contribution is 2.31. The fourth-order valence-corrected chi connectivity index (χ4v) is 3.72. The molecule has 2 aliphatic heterocycles. The van der Waals surface area contributed by atoms with Crippen molar-refractivity contribution in [3.63, 3.8) is 0 Å². The first-order chi connectivity index (χ1) is 15.1. The number of carbonyl (C=O) groups is 3. The number of imide groups is 1. The number of fused-ring (bicyclic) bond motifs is 1. The minimum atomic E-state index is -0.611. The number of ketones is 1. The minimum Gasteiger partial charge on any atom is -0.485 e. The number of urea groups is 1. The van der Waals surface area contributed by atoms with Crippen molar-refractivity contribution in [2.75, 3.05) is 26.2 Å². The number of nitrogens with one attached hydrogen (secondary N) is 2. The maximum absolute atomic E-state index is 12.6. The van der Waals surface area contributed by atoms with Crippen LogP contribution in [0.25, 0.3) is 0 Å². The summed E-state index contributed by atoms with van der Waals surface area (Å²) in [6.45, 7) is 1.84. The summed E-state index contributed by atoms with van der Waals surface area (Å²) in [6.07, 6.45) is 0.788. The lowest BCUT2D eigenvalue weighted by Crippen LogP contribution is -2.51. The Balaban J connectivity index is 1.19. The number of carbonyl (C=O) groups excluding carboxylic acids is 3. The average Bonchev–Trinajstić information content (AvgIpc) is 2.80. The number of amides is 3. The summed E-state index contributed by atoms with van der Waals surface area (Å²) in [6, 6.07) is 15.4. The highest BCUT2D eigenvalue weighted by atomic mass is 16.6. The molecule has 3 amide bonds. The van der Waals surface area contributed by atoms with Crippen LogP contribution in [0, 0.1) is 0 Å². The highest BCUT2D eigenvalue weighted by molar-refractivity contribution is 6.04. The van der Waals surface area contributed by atoms with Crippen LogP contribution in [0.3, 0.4) is 0 Å². The smallest absolute Gasteiger partial charge is 0.321 e. The summed E-state index contributed by atoms with van der Waals surface area (Å²) < 4.78 is 11.4. The molecule has 2 N–H and O–H groups in total. The van der Waals surface area contributed by atoms with Crippen LogP contribution in [-0.2, 0) is 4.79 Å². The van der Waals surface area contributed by atoms with Crippen LogP contribution >= 0.6 is 0 Å². The third kappa shape index (κ3) is 5.40. The molecule has 0 spiro atoms. The predicted octanol–water partition coefficient (Wildman–Crippen LogP) is 2.00. The van der Waals surface area contributed by atoms with Crippen molar-refractivity contribution >= 4 is 17.7 Å². The van der Waals surface area contributed by atoms with Gasteiger partial charge in [0.2, 0.25) is 0 Å². The first kappa shape index (κ1) is 20.9. The summed E-state index contributed by atoms with van der Waals surface area (Å²) in [7, 11) is 0. The number of piperidine rings is 1. The third-order valence-corrected chi connectivity index (χ3v) is 5.43. The SMILES string of the molecule is O=C(NC(=O)c1ccccc1)NC1CCN(CC(=O)C2COc3ccccc3O2)CC1. The molecule has 1 saturated heterocycles. The first-order valence-electron chi connectivity index (χ1n) is 10.4. The fourth-order valence-electron chi connectivity index (χ4n) is 3.72. The molecule has 4 rings (SSSR count). The van der Waals surface area contributed by atoms with E-state index in [1.165, 1.54) is 0 Å². The first-order valence-corrected chi connectivity index (χ1v) is 10.4. The van der Waals surface area contributed by atoms with E-state index in [1.54, 1.807) is 30.3 Å². The quantitative estimate of drug-likeness (QED) is 0.764. The lowest BCUT2D eigenvalue weighted by atomic mass is 10.0. The largest absolute Gasteiger partial charge is 0.485 e. The summed E-state index contributed by atoms with van der Waals surface area (Å²) in [5, 5.41) is 5.19.